The topological polar surface area (TPSA) is 78.0 Å². The van der Waals surface area contributed by atoms with Gasteiger partial charge in [-0.2, -0.15) is 0 Å². The first-order valence-corrected chi connectivity index (χ1v) is 16.0. The van der Waals surface area contributed by atoms with Crippen molar-refractivity contribution in [3.8, 4) is 0 Å². The molecule has 0 unspecified atom stereocenters. The number of ketones is 1. The van der Waals surface area contributed by atoms with Crippen molar-refractivity contribution in [1.82, 2.24) is 14.7 Å². The first-order chi connectivity index (χ1) is 18.5. The van der Waals surface area contributed by atoms with E-state index in [4.69, 9.17) is 0 Å². The number of benzene rings is 2. The molecule has 39 heavy (non-hydrogen) atoms. The first kappa shape index (κ1) is 27.8. The lowest BCUT2D eigenvalue weighted by molar-refractivity contribution is -0.119. The van der Waals surface area contributed by atoms with Crippen LogP contribution >= 0.6 is 0 Å². The highest BCUT2D eigenvalue weighted by Gasteiger charge is 2.55. The lowest BCUT2D eigenvalue weighted by Gasteiger charge is -2.51. The summed E-state index contributed by atoms with van der Waals surface area (Å²) in [7, 11) is 1.03. The molecule has 1 saturated heterocycles. The molecule has 7 nitrogen and oxygen atoms in total. The molecule has 0 atom stereocenters. The Morgan fingerprint density at radius 3 is 2.15 bits per heavy atom. The molecule has 2 aromatic rings. The lowest BCUT2D eigenvalue weighted by atomic mass is 9.68. The third-order valence-electron chi connectivity index (χ3n) is 9.52. The van der Waals surface area contributed by atoms with Crippen LogP contribution in [0.2, 0.25) is 0 Å². The van der Waals surface area contributed by atoms with E-state index in [-0.39, 0.29) is 40.8 Å². The van der Waals surface area contributed by atoms with Crippen LogP contribution in [-0.2, 0) is 26.6 Å². The quantitative estimate of drug-likeness (QED) is 0.458. The minimum absolute atomic E-state index is 0.000242. The molecule has 3 fully saturated rings. The number of amides is 2. The standard InChI is InChI=1S/C31H41N3O4S/c1-32(2)31(26-10-5-4-6-11-26)18-16-30(17-19-31)23-33(29(36)34(30)21-25-8-7-9-25)22-27(35)20-24-12-14-28(15-13-24)39(3,37)38/h4-6,10-15,25H,7-9,16-23H2,1-3H3. The summed E-state index contributed by atoms with van der Waals surface area (Å²) in [5, 5.41) is 0. The van der Waals surface area contributed by atoms with E-state index in [2.05, 4.69) is 54.2 Å². The number of rotatable bonds is 9. The summed E-state index contributed by atoms with van der Waals surface area (Å²) < 4.78 is 23.5. The fourth-order valence-corrected chi connectivity index (χ4v) is 7.49. The summed E-state index contributed by atoms with van der Waals surface area (Å²) in [5.41, 5.74) is 1.79. The van der Waals surface area contributed by atoms with Crippen LogP contribution < -0.4 is 0 Å². The number of hydrogen-bond acceptors (Lipinski definition) is 5. The first-order valence-electron chi connectivity index (χ1n) is 14.1. The van der Waals surface area contributed by atoms with Gasteiger partial charge in [0, 0.05) is 31.3 Å². The zero-order valence-corrected chi connectivity index (χ0v) is 24.3. The normalized spacial score (nSPS) is 25.9. The molecule has 2 saturated carbocycles. The van der Waals surface area contributed by atoms with Crippen LogP contribution in [0, 0.1) is 5.92 Å². The van der Waals surface area contributed by atoms with Gasteiger partial charge in [0.15, 0.2) is 15.6 Å². The highest BCUT2D eigenvalue weighted by Crippen LogP contribution is 2.49. The van der Waals surface area contributed by atoms with Crippen LogP contribution in [0.4, 0.5) is 4.79 Å². The van der Waals surface area contributed by atoms with Crippen molar-refractivity contribution < 1.29 is 18.0 Å². The maximum absolute atomic E-state index is 13.8. The Morgan fingerprint density at radius 1 is 0.974 bits per heavy atom. The van der Waals surface area contributed by atoms with Gasteiger partial charge in [0.25, 0.3) is 0 Å². The zero-order valence-electron chi connectivity index (χ0n) is 23.4. The SMILES string of the molecule is CN(C)C1(c2ccccc2)CCC2(CC1)CN(CC(=O)Cc1ccc(S(C)(=O)=O)cc1)C(=O)N2CC1CCC1. The van der Waals surface area contributed by atoms with Gasteiger partial charge in [-0.15, -0.1) is 0 Å². The van der Waals surface area contributed by atoms with Crippen LogP contribution in [0.15, 0.2) is 59.5 Å². The fraction of sp³-hybridized carbons (Fsp3) is 0.548. The molecular weight excluding hydrogens is 510 g/mol. The highest BCUT2D eigenvalue weighted by molar-refractivity contribution is 7.90. The van der Waals surface area contributed by atoms with Crippen molar-refractivity contribution in [3.05, 3.63) is 65.7 Å². The summed E-state index contributed by atoms with van der Waals surface area (Å²) >= 11 is 0. The highest BCUT2D eigenvalue weighted by atomic mass is 32.2. The number of carbonyl (C=O) groups is 2. The molecule has 8 heteroatoms. The van der Waals surface area contributed by atoms with Gasteiger partial charge in [-0.25, -0.2) is 13.2 Å². The van der Waals surface area contributed by atoms with E-state index >= 15 is 0 Å². The van der Waals surface area contributed by atoms with E-state index in [0.29, 0.717) is 12.5 Å². The van der Waals surface area contributed by atoms with Crippen molar-refractivity contribution in [2.24, 2.45) is 5.92 Å². The summed E-state index contributed by atoms with van der Waals surface area (Å²) in [5.74, 6) is 0.531. The van der Waals surface area contributed by atoms with Gasteiger partial charge in [0.2, 0.25) is 0 Å². The van der Waals surface area contributed by atoms with Crippen LogP contribution in [0.3, 0.4) is 0 Å². The molecule has 2 aliphatic carbocycles. The van der Waals surface area contributed by atoms with E-state index in [9.17, 15) is 18.0 Å². The second-order valence-electron chi connectivity index (χ2n) is 12.2. The van der Waals surface area contributed by atoms with Crippen molar-refractivity contribution >= 4 is 21.7 Å². The van der Waals surface area contributed by atoms with Crippen LogP contribution in [0.5, 0.6) is 0 Å². The molecule has 5 rings (SSSR count). The van der Waals surface area contributed by atoms with E-state index in [1.54, 1.807) is 29.2 Å². The Hall–Kier alpha value is -2.71. The lowest BCUT2D eigenvalue weighted by Crippen LogP contribution is -2.56. The maximum Gasteiger partial charge on any atom is 0.321 e. The molecular formula is C31H41N3O4S. The van der Waals surface area contributed by atoms with Gasteiger partial charge in [0.05, 0.1) is 17.0 Å². The Labute approximate surface area is 233 Å². The van der Waals surface area contributed by atoms with Gasteiger partial charge < -0.3 is 9.80 Å². The van der Waals surface area contributed by atoms with Crippen molar-refractivity contribution in [2.45, 2.75) is 67.3 Å². The third-order valence-corrected chi connectivity index (χ3v) is 10.6. The molecule has 0 bridgehead atoms. The summed E-state index contributed by atoms with van der Waals surface area (Å²) in [4.78, 5) is 33.4. The molecule has 210 valence electrons. The maximum atomic E-state index is 13.8. The molecule has 0 radical (unpaired) electrons. The largest absolute Gasteiger partial charge is 0.321 e. The van der Waals surface area contributed by atoms with Crippen LogP contribution in [0.25, 0.3) is 0 Å². The van der Waals surface area contributed by atoms with E-state index in [0.717, 1.165) is 37.8 Å². The van der Waals surface area contributed by atoms with Crippen LogP contribution in [-0.4, -0.2) is 80.5 Å². The summed E-state index contributed by atoms with van der Waals surface area (Å²) in [6.45, 7) is 1.47. The summed E-state index contributed by atoms with van der Waals surface area (Å²) in [6, 6.07) is 17.2. The van der Waals surface area contributed by atoms with Gasteiger partial charge in [0.1, 0.15) is 0 Å². The van der Waals surface area contributed by atoms with E-state index in [1.807, 2.05) is 0 Å². The van der Waals surface area contributed by atoms with E-state index in [1.165, 1.54) is 31.1 Å². The summed E-state index contributed by atoms with van der Waals surface area (Å²) in [6.07, 6.45) is 8.69. The Morgan fingerprint density at radius 2 is 1.62 bits per heavy atom. The van der Waals surface area contributed by atoms with Gasteiger partial charge >= 0.3 is 6.03 Å². The predicted octanol–water partition coefficient (Wildman–Crippen LogP) is 4.51. The second kappa shape index (κ2) is 10.7. The zero-order chi connectivity index (χ0) is 27.8. The molecule has 1 heterocycles. The molecule has 0 aromatic heterocycles. The number of Topliss-reactive ketones (excluding diaryl/α,β-unsaturated/α-hetero) is 1. The minimum Gasteiger partial charge on any atom is -0.317 e. The minimum atomic E-state index is -3.28. The van der Waals surface area contributed by atoms with Gasteiger partial charge in [-0.05, 0) is 81.8 Å². The van der Waals surface area contributed by atoms with Crippen molar-refractivity contribution in [1.29, 1.82) is 0 Å². The Balaban J connectivity index is 1.31. The van der Waals surface area contributed by atoms with E-state index < -0.39 is 9.84 Å². The monoisotopic (exact) mass is 551 g/mol. The molecule has 1 aliphatic heterocycles. The molecule has 1 spiro atoms. The molecule has 2 amide bonds. The van der Waals surface area contributed by atoms with Gasteiger partial charge in [-0.1, -0.05) is 48.9 Å². The fourth-order valence-electron chi connectivity index (χ4n) is 6.86. The average Bonchev–Trinajstić information content (AvgIpc) is 3.11. The smallest absolute Gasteiger partial charge is 0.317 e. The Kier molecular flexibility index (Phi) is 7.63. The average molecular weight is 552 g/mol. The number of sulfone groups is 1. The predicted molar refractivity (Wildman–Crippen MR) is 152 cm³/mol. The Bertz CT molecular complexity index is 1300. The molecule has 2 aromatic carbocycles. The number of urea groups is 1. The van der Waals surface area contributed by atoms with Crippen LogP contribution in [0.1, 0.15) is 56.1 Å². The molecule has 3 aliphatic rings. The number of hydrogen-bond donors (Lipinski definition) is 0. The number of nitrogens with zero attached hydrogens (tertiary/aromatic N) is 3. The van der Waals surface area contributed by atoms with Crippen molar-refractivity contribution in [3.63, 3.8) is 0 Å². The number of carbonyl (C=O) groups excluding carboxylic acids is 2. The van der Waals surface area contributed by atoms with Gasteiger partial charge in [-0.3, -0.25) is 9.69 Å². The molecule has 0 N–H and O–H groups in total. The van der Waals surface area contributed by atoms with Crippen molar-refractivity contribution in [2.75, 3.05) is 40.0 Å². The third kappa shape index (κ3) is 5.50. The second-order valence-corrected chi connectivity index (χ2v) is 14.2.